The molecule has 114 valence electrons. The zero-order valence-corrected chi connectivity index (χ0v) is 12.7. The fourth-order valence-corrected chi connectivity index (χ4v) is 4.05. The Bertz CT molecular complexity index is 793. The average Bonchev–Trinajstić information content (AvgIpc) is 2.88. The van der Waals surface area contributed by atoms with Crippen molar-refractivity contribution in [2.45, 2.75) is 17.6 Å². The van der Waals surface area contributed by atoms with E-state index in [1.807, 2.05) is 6.92 Å². The monoisotopic (exact) mass is 318 g/mol. The van der Waals surface area contributed by atoms with Crippen LogP contribution in [-0.4, -0.2) is 37.1 Å². The highest BCUT2D eigenvalue weighted by atomic mass is 32.2. The lowest BCUT2D eigenvalue weighted by molar-refractivity contribution is 0.391. The van der Waals surface area contributed by atoms with Crippen LogP contribution in [0, 0.1) is 6.92 Å². The molecule has 0 bridgehead atoms. The summed E-state index contributed by atoms with van der Waals surface area (Å²) in [7, 11) is -5.42. The summed E-state index contributed by atoms with van der Waals surface area (Å²) in [5.74, 6) is -0.454. The Labute approximate surface area is 129 Å². The van der Waals surface area contributed by atoms with Crippen LogP contribution in [0.2, 0.25) is 0 Å². The van der Waals surface area contributed by atoms with E-state index in [2.05, 4.69) is 4.98 Å². The molecule has 1 aromatic carbocycles. The summed E-state index contributed by atoms with van der Waals surface area (Å²) >= 11 is 0. The second-order valence-corrected chi connectivity index (χ2v) is 7.15. The van der Waals surface area contributed by atoms with Gasteiger partial charge in [0.25, 0.3) is 10.0 Å². The number of rotatable bonds is 3. The maximum atomic E-state index is 12.8. The second kappa shape index (κ2) is 5.38. The van der Waals surface area contributed by atoms with Gasteiger partial charge in [-0.3, -0.25) is 0 Å². The lowest BCUT2D eigenvalue weighted by Crippen LogP contribution is -2.34. The Morgan fingerprint density at radius 3 is 2.55 bits per heavy atom. The minimum absolute atomic E-state index is 0.0414. The molecule has 1 aromatic heterocycles. The quantitative estimate of drug-likeness (QED) is 0.813. The smallest absolute Gasteiger partial charge is 0.427 e. The van der Waals surface area contributed by atoms with Gasteiger partial charge in [0.05, 0.1) is 4.90 Å². The predicted octanol–water partition coefficient (Wildman–Crippen LogP) is 0.695. The first-order chi connectivity index (χ1) is 10.4. The molecule has 1 aliphatic heterocycles. The Morgan fingerprint density at radius 1 is 1.23 bits per heavy atom. The zero-order chi connectivity index (χ0) is 15.9. The van der Waals surface area contributed by atoms with Gasteiger partial charge in [0.2, 0.25) is 0 Å². The van der Waals surface area contributed by atoms with Crippen LogP contribution in [0.1, 0.15) is 16.9 Å². The molecule has 0 radical (unpaired) electrons. The van der Waals surface area contributed by atoms with Gasteiger partial charge in [-0.15, -0.1) is 0 Å². The van der Waals surface area contributed by atoms with Crippen LogP contribution in [0.15, 0.2) is 47.5 Å². The molecule has 1 unspecified atom stereocenters. The van der Waals surface area contributed by atoms with Crippen LogP contribution < -0.4 is 4.31 Å². The summed E-state index contributed by atoms with van der Waals surface area (Å²) in [6, 6.07) is 9.83. The van der Waals surface area contributed by atoms with E-state index in [0.717, 1.165) is 9.87 Å². The number of sulfonamides is 1. The molecule has 2 N–H and O–H groups in total. The lowest BCUT2D eigenvalue weighted by atomic mass is 9.70. The van der Waals surface area contributed by atoms with Gasteiger partial charge < -0.3 is 10.0 Å². The Kier molecular flexibility index (Phi) is 3.68. The number of aromatic nitrogens is 1. The van der Waals surface area contributed by atoms with Gasteiger partial charge in [0, 0.05) is 18.6 Å². The topological polar surface area (TPSA) is 90.7 Å². The van der Waals surface area contributed by atoms with E-state index in [1.165, 1.54) is 18.3 Å². The van der Waals surface area contributed by atoms with E-state index in [4.69, 9.17) is 0 Å². The predicted molar refractivity (Wildman–Crippen MR) is 82.9 cm³/mol. The van der Waals surface area contributed by atoms with Crippen LogP contribution in [0.25, 0.3) is 0 Å². The summed E-state index contributed by atoms with van der Waals surface area (Å²) in [5, 5.41) is 19.0. The Balaban J connectivity index is 2.07. The molecule has 1 aliphatic rings. The third-order valence-corrected chi connectivity index (χ3v) is 5.55. The standard InChI is InChI=1S/C14H15BN2O4S/c1-10-4-6-11(7-5-10)22(20,21)17-9-13(15(18)19)12-3-2-8-16-14(12)17/h2-8,13,18-19H,9H2,1H3. The van der Waals surface area contributed by atoms with Crippen LogP contribution in [-0.2, 0) is 10.0 Å². The highest BCUT2D eigenvalue weighted by Crippen LogP contribution is 2.38. The highest BCUT2D eigenvalue weighted by Gasteiger charge is 2.42. The van der Waals surface area contributed by atoms with Crippen molar-refractivity contribution in [1.82, 2.24) is 4.98 Å². The van der Waals surface area contributed by atoms with Gasteiger partial charge in [0.1, 0.15) is 5.82 Å². The van der Waals surface area contributed by atoms with Crippen molar-refractivity contribution in [3.05, 3.63) is 53.7 Å². The van der Waals surface area contributed by atoms with Crippen molar-refractivity contribution < 1.29 is 18.5 Å². The van der Waals surface area contributed by atoms with Crippen molar-refractivity contribution in [1.29, 1.82) is 0 Å². The van der Waals surface area contributed by atoms with Crippen molar-refractivity contribution >= 4 is 23.0 Å². The molecular formula is C14H15BN2O4S. The number of aryl methyl sites for hydroxylation is 1. The first-order valence-electron chi connectivity index (χ1n) is 6.82. The zero-order valence-electron chi connectivity index (χ0n) is 11.9. The average molecular weight is 318 g/mol. The molecule has 0 fully saturated rings. The fraction of sp³-hybridized carbons (Fsp3) is 0.214. The summed E-state index contributed by atoms with van der Waals surface area (Å²) < 4.78 is 26.7. The van der Waals surface area contributed by atoms with Gasteiger partial charge in [-0.2, -0.15) is 0 Å². The van der Waals surface area contributed by atoms with Crippen molar-refractivity contribution in [3.8, 4) is 0 Å². The maximum Gasteiger partial charge on any atom is 0.461 e. The number of hydrogen-bond donors (Lipinski definition) is 2. The Hall–Kier alpha value is -1.90. The minimum atomic E-state index is -3.79. The Morgan fingerprint density at radius 2 is 1.91 bits per heavy atom. The molecule has 0 saturated heterocycles. The molecule has 6 nitrogen and oxygen atoms in total. The second-order valence-electron chi connectivity index (χ2n) is 5.29. The van der Waals surface area contributed by atoms with Gasteiger partial charge in [-0.05, 0) is 30.7 Å². The van der Waals surface area contributed by atoms with E-state index in [9.17, 15) is 18.5 Å². The largest absolute Gasteiger partial charge is 0.461 e. The molecule has 2 heterocycles. The van der Waals surface area contributed by atoms with E-state index >= 15 is 0 Å². The number of pyridine rings is 1. The van der Waals surface area contributed by atoms with Crippen LogP contribution in [0.4, 0.5) is 5.82 Å². The first kappa shape index (κ1) is 15.0. The molecule has 22 heavy (non-hydrogen) atoms. The third kappa shape index (κ3) is 2.39. The molecule has 2 aromatic rings. The van der Waals surface area contributed by atoms with E-state index in [-0.39, 0.29) is 17.3 Å². The van der Waals surface area contributed by atoms with E-state index in [1.54, 1.807) is 24.3 Å². The first-order valence-corrected chi connectivity index (χ1v) is 8.26. The van der Waals surface area contributed by atoms with Crippen molar-refractivity contribution in [3.63, 3.8) is 0 Å². The molecule has 0 spiro atoms. The number of nitrogens with zero attached hydrogens (tertiary/aromatic N) is 2. The van der Waals surface area contributed by atoms with Crippen LogP contribution >= 0.6 is 0 Å². The molecule has 0 aliphatic carbocycles. The van der Waals surface area contributed by atoms with Crippen molar-refractivity contribution in [2.75, 3.05) is 10.8 Å². The van der Waals surface area contributed by atoms with Gasteiger partial charge >= 0.3 is 7.12 Å². The number of anilines is 1. The SMILES string of the molecule is Cc1ccc(S(=O)(=O)N2CC(B(O)O)c3cccnc32)cc1. The van der Waals surface area contributed by atoms with Crippen LogP contribution in [0.3, 0.4) is 0 Å². The molecule has 0 amide bonds. The van der Waals surface area contributed by atoms with Gasteiger partial charge in [0.15, 0.2) is 0 Å². The van der Waals surface area contributed by atoms with Gasteiger partial charge in [-0.25, -0.2) is 17.7 Å². The molecule has 3 rings (SSSR count). The van der Waals surface area contributed by atoms with Gasteiger partial charge in [-0.1, -0.05) is 23.8 Å². The highest BCUT2D eigenvalue weighted by molar-refractivity contribution is 7.92. The molecule has 0 saturated carbocycles. The summed E-state index contributed by atoms with van der Waals surface area (Å²) in [6.45, 7) is 1.83. The normalized spacial score (nSPS) is 17.4. The van der Waals surface area contributed by atoms with Crippen LogP contribution in [0.5, 0.6) is 0 Å². The maximum absolute atomic E-state index is 12.8. The van der Waals surface area contributed by atoms with Crippen molar-refractivity contribution in [2.24, 2.45) is 0 Å². The molecule has 1 atom stereocenters. The fourth-order valence-electron chi connectivity index (χ4n) is 2.58. The minimum Gasteiger partial charge on any atom is -0.427 e. The molecular weight excluding hydrogens is 303 g/mol. The van der Waals surface area contributed by atoms with E-state index < -0.39 is 23.0 Å². The third-order valence-electron chi connectivity index (χ3n) is 3.78. The summed E-state index contributed by atoms with van der Waals surface area (Å²) in [4.78, 5) is 4.26. The lowest BCUT2D eigenvalue weighted by Gasteiger charge is -2.19. The number of benzene rings is 1. The summed E-state index contributed by atoms with van der Waals surface area (Å²) in [6.07, 6.45) is 1.49. The summed E-state index contributed by atoms with van der Waals surface area (Å²) in [5.41, 5.74) is 1.48. The van der Waals surface area contributed by atoms with E-state index in [0.29, 0.717) is 5.56 Å². The number of fused-ring (bicyclic) bond motifs is 1. The number of hydrogen-bond acceptors (Lipinski definition) is 5. The molecule has 8 heteroatoms.